The molecule has 0 radical (unpaired) electrons. The molecular weight excluding hydrogens is 438 g/mol. The van der Waals surface area contributed by atoms with Crippen molar-refractivity contribution >= 4 is 35.1 Å². The second kappa shape index (κ2) is 10.1. The summed E-state index contributed by atoms with van der Waals surface area (Å²) < 4.78 is 0. The second-order valence-corrected chi connectivity index (χ2v) is 8.47. The minimum Gasteiger partial charge on any atom is -0.321 e. The number of aryl methyl sites for hydroxylation is 4. The molecule has 0 saturated carbocycles. The summed E-state index contributed by atoms with van der Waals surface area (Å²) >= 11 is 1.09. The van der Waals surface area contributed by atoms with Crippen LogP contribution in [0.5, 0.6) is 0 Å². The zero-order chi connectivity index (χ0) is 24.1. The Bertz CT molecular complexity index is 1310. The number of nitrogens with zero attached hydrogens (tertiary/aromatic N) is 4. The number of hydrogen-bond donors (Lipinski definition) is 1. The molecule has 9 heteroatoms. The first-order valence-electron chi connectivity index (χ1n) is 9.95. The Kier molecular flexibility index (Phi) is 7.20. The summed E-state index contributed by atoms with van der Waals surface area (Å²) in [6, 6.07) is 13.8. The molecule has 0 unspecified atom stereocenters. The summed E-state index contributed by atoms with van der Waals surface area (Å²) in [7, 11) is 0. The Morgan fingerprint density at radius 2 is 1.79 bits per heavy atom. The summed E-state index contributed by atoms with van der Waals surface area (Å²) in [4.78, 5) is 32.8. The number of nitrogens with one attached hydrogen (secondary N) is 1. The predicted molar refractivity (Wildman–Crippen MR) is 127 cm³/mol. The smallest absolute Gasteiger partial charge is 0.283 e. The van der Waals surface area contributed by atoms with Crippen molar-refractivity contribution < 1.29 is 9.72 Å². The van der Waals surface area contributed by atoms with Gasteiger partial charge in [-0.15, -0.1) is 0 Å². The number of nitro groups is 1. The first-order chi connectivity index (χ1) is 15.7. The van der Waals surface area contributed by atoms with Crippen LogP contribution in [0.15, 0.2) is 58.1 Å². The van der Waals surface area contributed by atoms with Crippen LogP contribution in [0, 0.1) is 49.1 Å². The Hall–Kier alpha value is -4.03. The fourth-order valence-electron chi connectivity index (χ4n) is 3.07. The highest BCUT2D eigenvalue weighted by Crippen LogP contribution is 2.34. The topological polar surface area (TPSA) is 122 Å². The fraction of sp³-hybridized carbons (Fsp3) is 0.167. The molecule has 1 amide bonds. The maximum absolute atomic E-state index is 12.6. The standard InChI is InChI=1S/C24H21N5O3S/c1-14-5-6-15(2)20(9-14)28-23(30)19(13-25)11-18-7-8-22(21(12-18)29(31)32)33-24-26-16(3)10-17(4)27-24/h5-12H,1-4H3,(H,28,30). The van der Waals surface area contributed by atoms with Crippen LogP contribution < -0.4 is 5.32 Å². The number of benzene rings is 2. The van der Waals surface area contributed by atoms with Gasteiger partial charge in [0.2, 0.25) is 0 Å². The molecule has 8 nitrogen and oxygen atoms in total. The molecule has 1 heterocycles. The molecule has 0 bridgehead atoms. The minimum absolute atomic E-state index is 0.163. The summed E-state index contributed by atoms with van der Waals surface area (Å²) in [5, 5.41) is 24.3. The van der Waals surface area contributed by atoms with Crippen molar-refractivity contribution in [3.05, 3.63) is 86.2 Å². The van der Waals surface area contributed by atoms with E-state index >= 15 is 0 Å². The molecule has 0 spiro atoms. The average Bonchev–Trinajstić information content (AvgIpc) is 2.74. The highest BCUT2D eigenvalue weighted by molar-refractivity contribution is 7.99. The molecule has 0 aliphatic rings. The molecular formula is C24H21N5O3S. The van der Waals surface area contributed by atoms with E-state index in [0.29, 0.717) is 21.3 Å². The lowest BCUT2D eigenvalue weighted by Crippen LogP contribution is -2.14. The maximum Gasteiger partial charge on any atom is 0.283 e. The Morgan fingerprint density at radius 1 is 1.09 bits per heavy atom. The molecule has 0 saturated heterocycles. The highest BCUT2D eigenvalue weighted by atomic mass is 32.2. The van der Waals surface area contributed by atoms with Crippen molar-refractivity contribution in [3.8, 4) is 6.07 Å². The lowest BCUT2D eigenvalue weighted by Gasteiger charge is -2.09. The van der Waals surface area contributed by atoms with Crippen LogP contribution in [-0.2, 0) is 4.79 Å². The van der Waals surface area contributed by atoms with Crippen molar-refractivity contribution in [1.82, 2.24) is 9.97 Å². The number of carbonyl (C=O) groups is 1. The van der Waals surface area contributed by atoms with Gasteiger partial charge in [-0.2, -0.15) is 5.26 Å². The largest absolute Gasteiger partial charge is 0.321 e. The van der Waals surface area contributed by atoms with Gasteiger partial charge < -0.3 is 5.32 Å². The number of nitro benzene ring substituents is 1. The van der Waals surface area contributed by atoms with Gasteiger partial charge in [0.05, 0.1) is 9.82 Å². The fourth-order valence-corrected chi connectivity index (χ4v) is 4.02. The van der Waals surface area contributed by atoms with Gasteiger partial charge in [0, 0.05) is 23.1 Å². The van der Waals surface area contributed by atoms with Gasteiger partial charge in [-0.05, 0) is 80.4 Å². The molecule has 3 rings (SSSR count). The number of nitriles is 1. The highest BCUT2D eigenvalue weighted by Gasteiger charge is 2.18. The van der Waals surface area contributed by atoms with Crippen molar-refractivity contribution in [2.24, 2.45) is 0 Å². The lowest BCUT2D eigenvalue weighted by atomic mass is 10.1. The third kappa shape index (κ3) is 6.02. The maximum atomic E-state index is 12.6. The molecule has 0 fully saturated rings. The lowest BCUT2D eigenvalue weighted by molar-refractivity contribution is -0.387. The Morgan fingerprint density at radius 3 is 2.42 bits per heavy atom. The second-order valence-electron chi connectivity index (χ2n) is 7.46. The van der Waals surface area contributed by atoms with Crippen LogP contribution >= 0.6 is 11.8 Å². The van der Waals surface area contributed by atoms with Crippen LogP contribution in [0.2, 0.25) is 0 Å². The monoisotopic (exact) mass is 459 g/mol. The summed E-state index contributed by atoms with van der Waals surface area (Å²) in [6.07, 6.45) is 1.33. The zero-order valence-electron chi connectivity index (χ0n) is 18.5. The molecule has 3 aromatic rings. The van der Waals surface area contributed by atoms with E-state index < -0.39 is 10.8 Å². The molecule has 0 atom stereocenters. The number of anilines is 1. The van der Waals surface area contributed by atoms with Crippen LogP contribution in [-0.4, -0.2) is 20.8 Å². The normalized spacial score (nSPS) is 11.1. The van der Waals surface area contributed by atoms with Gasteiger partial charge in [-0.25, -0.2) is 9.97 Å². The summed E-state index contributed by atoms with van der Waals surface area (Å²) in [6.45, 7) is 7.41. The van der Waals surface area contributed by atoms with Gasteiger partial charge in [0.1, 0.15) is 11.6 Å². The van der Waals surface area contributed by atoms with Crippen LogP contribution in [0.25, 0.3) is 6.08 Å². The predicted octanol–water partition coefficient (Wildman–Crippen LogP) is 5.32. The van der Waals surface area contributed by atoms with E-state index in [0.717, 1.165) is 34.3 Å². The average molecular weight is 460 g/mol. The van der Waals surface area contributed by atoms with E-state index in [2.05, 4.69) is 15.3 Å². The Balaban J connectivity index is 1.90. The number of aromatic nitrogens is 2. The van der Waals surface area contributed by atoms with E-state index in [4.69, 9.17) is 0 Å². The summed E-state index contributed by atoms with van der Waals surface area (Å²) in [5.74, 6) is -0.587. The van der Waals surface area contributed by atoms with Crippen molar-refractivity contribution in [1.29, 1.82) is 5.26 Å². The van der Waals surface area contributed by atoms with E-state index in [1.54, 1.807) is 12.1 Å². The van der Waals surface area contributed by atoms with Crippen molar-refractivity contribution in [2.45, 2.75) is 37.7 Å². The minimum atomic E-state index is -0.587. The zero-order valence-corrected chi connectivity index (χ0v) is 19.4. The SMILES string of the molecule is Cc1ccc(C)c(NC(=O)C(C#N)=Cc2ccc(Sc3nc(C)cc(C)n3)c([N+](=O)[O-])c2)c1. The first kappa shape index (κ1) is 23.6. The third-order valence-electron chi connectivity index (χ3n) is 4.66. The van der Waals surface area contributed by atoms with Gasteiger partial charge >= 0.3 is 0 Å². The van der Waals surface area contributed by atoms with E-state index in [1.165, 1.54) is 12.1 Å². The first-order valence-corrected chi connectivity index (χ1v) is 10.8. The van der Waals surface area contributed by atoms with E-state index in [1.807, 2.05) is 58.0 Å². The number of rotatable bonds is 6. The van der Waals surface area contributed by atoms with Gasteiger partial charge in [-0.1, -0.05) is 18.2 Å². The van der Waals surface area contributed by atoms with Crippen LogP contribution in [0.1, 0.15) is 28.1 Å². The number of amides is 1. The summed E-state index contributed by atoms with van der Waals surface area (Å²) in [5.41, 5.74) is 3.99. The molecule has 33 heavy (non-hydrogen) atoms. The third-order valence-corrected chi connectivity index (χ3v) is 5.59. The van der Waals surface area contributed by atoms with Crippen molar-refractivity contribution in [2.75, 3.05) is 5.32 Å². The molecule has 2 aromatic carbocycles. The molecule has 1 N–H and O–H groups in total. The Labute approximate surface area is 195 Å². The number of carbonyl (C=O) groups excluding carboxylic acids is 1. The van der Waals surface area contributed by atoms with Gasteiger partial charge in [0.25, 0.3) is 11.6 Å². The van der Waals surface area contributed by atoms with E-state index in [-0.39, 0.29) is 11.3 Å². The van der Waals surface area contributed by atoms with Gasteiger partial charge in [-0.3, -0.25) is 14.9 Å². The molecule has 0 aliphatic heterocycles. The van der Waals surface area contributed by atoms with Crippen LogP contribution in [0.3, 0.4) is 0 Å². The molecule has 0 aliphatic carbocycles. The van der Waals surface area contributed by atoms with Crippen LogP contribution in [0.4, 0.5) is 11.4 Å². The quantitative estimate of drug-likeness (QED) is 0.174. The molecule has 1 aromatic heterocycles. The number of hydrogen-bond acceptors (Lipinski definition) is 7. The van der Waals surface area contributed by atoms with E-state index in [9.17, 15) is 20.2 Å². The molecule has 166 valence electrons. The van der Waals surface area contributed by atoms with Crippen molar-refractivity contribution in [3.63, 3.8) is 0 Å². The van der Waals surface area contributed by atoms with Gasteiger partial charge in [0.15, 0.2) is 5.16 Å².